The molecule has 164 valence electrons. The lowest BCUT2D eigenvalue weighted by atomic mass is 10.0. The van der Waals surface area contributed by atoms with Gasteiger partial charge in [-0.15, -0.1) is 0 Å². The Morgan fingerprint density at radius 1 is 1.16 bits per heavy atom. The molecule has 1 fully saturated rings. The summed E-state index contributed by atoms with van der Waals surface area (Å²) < 4.78 is 5.12. The van der Waals surface area contributed by atoms with Crippen LogP contribution in [0.2, 0.25) is 10.0 Å². The zero-order valence-electron chi connectivity index (χ0n) is 16.8. The Hall–Kier alpha value is -2.77. The molecule has 0 spiro atoms. The Labute approximate surface area is 190 Å². The van der Waals surface area contributed by atoms with Gasteiger partial charge in [-0.1, -0.05) is 23.2 Å². The molecular formula is C22H23Cl2N3O4. The molecule has 9 heteroatoms. The second-order valence-corrected chi connectivity index (χ2v) is 7.92. The maximum absolute atomic E-state index is 12.8. The number of nitrogens with one attached hydrogen (secondary N) is 2. The number of likely N-dealkylation sites (tertiary alicyclic amines) is 1. The third kappa shape index (κ3) is 6.60. The van der Waals surface area contributed by atoms with Crippen molar-refractivity contribution < 1.29 is 18.8 Å². The summed E-state index contributed by atoms with van der Waals surface area (Å²) in [6, 6.07) is 7.72. The fourth-order valence-electron chi connectivity index (χ4n) is 3.34. The number of carbonyl (C=O) groups excluding carboxylic acids is 3. The molecule has 1 aromatic heterocycles. The third-order valence-electron chi connectivity index (χ3n) is 4.89. The van der Waals surface area contributed by atoms with E-state index in [2.05, 4.69) is 10.6 Å². The number of amides is 3. The van der Waals surface area contributed by atoms with Gasteiger partial charge in [-0.2, -0.15) is 0 Å². The standard InChI is InChI=1S/C22H23Cl2N3O4/c23-17-8-6-15(14-18(17)24)26-22(30)19-5-1-2-12-27(19)21(29)10-11-25-20(28)9-7-16-4-3-13-31-16/h3-4,6-9,13-14,19H,1-2,5,10-12H2,(H,25,28)(H,26,30)/b9-7+. The van der Waals surface area contributed by atoms with Gasteiger partial charge in [0.15, 0.2) is 0 Å². The van der Waals surface area contributed by atoms with E-state index in [1.165, 1.54) is 12.3 Å². The number of carbonyl (C=O) groups is 3. The normalized spacial score (nSPS) is 16.3. The molecule has 1 aliphatic rings. The minimum Gasteiger partial charge on any atom is -0.465 e. The van der Waals surface area contributed by atoms with E-state index in [1.54, 1.807) is 41.3 Å². The van der Waals surface area contributed by atoms with Crippen molar-refractivity contribution >= 4 is 52.7 Å². The Morgan fingerprint density at radius 2 is 2.00 bits per heavy atom. The first-order chi connectivity index (χ1) is 14.9. The smallest absolute Gasteiger partial charge is 0.247 e. The molecular weight excluding hydrogens is 441 g/mol. The predicted molar refractivity (Wildman–Crippen MR) is 120 cm³/mol. The number of piperidine rings is 1. The van der Waals surface area contributed by atoms with Gasteiger partial charge in [0.25, 0.3) is 0 Å². The van der Waals surface area contributed by atoms with Crippen LogP contribution >= 0.6 is 23.2 Å². The van der Waals surface area contributed by atoms with Gasteiger partial charge in [0, 0.05) is 31.3 Å². The van der Waals surface area contributed by atoms with Gasteiger partial charge in [0.2, 0.25) is 17.7 Å². The molecule has 0 bridgehead atoms. The molecule has 0 radical (unpaired) electrons. The van der Waals surface area contributed by atoms with Crippen molar-refractivity contribution in [2.75, 3.05) is 18.4 Å². The van der Waals surface area contributed by atoms with Crippen molar-refractivity contribution in [1.29, 1.82) is 0 Å². The van der Waals surface area contributed by atoms with Crippen molar-refractivity contribution in [2.24, 2.45) is 0 Å². The topological polar surface area (TPSA) is 91.7 Å². The van der Waals surface area contributed by atoms with Gasteiger partial charge < -0.3 is 20.0 Å². The largest absolute Gasteiger partial charge is 0.465 e. The van der Waals surface area contributed by atoms with E-state index in [0.29, 0.717) is 34.5 Å². The molecule has 1 atom stereocenters. The number of hydrogen-bond donors (Lipinski definition) is 2. The molecule has 0 aliphatic carbocycles. The summed E-state index contributed by atoms with van der Waals surface area (Å²) in [4.78, 5) is 39.0. The zero-order valence-corrected chi connectivity index (χ0v) is 18.3. The van der Waals surface area contributed by atoms with Crippen LogP contribution in [0, 0.1) is 0 Å². The molecule has 7 nitrogen and oxygen atoms in total. The molecule has 1 aromatic carbocycles. The second-order valence-electron chi connectivity index (χ2n) is 7.11. The first-order valence-electron chi connectivity index (χ1n) is 9.99. The Kier molecular flexibility index (Phi) is 8.14. The second kappa shape index (κ2) is 11.0. The summed E-state index contributed by atoms with van der Waals surface area (Å²) in [6.45, 7) is 0.683. The van der Waals surface area contributed by atoms with Crippen molar-refractivity contribution in [3.05, 3.63) is 58.5 Å². The number of nitrogens with zero attached hydrogens (tertiary/aromatic N) is 1. The molecule has 1 saturated heterocycles. The minimum absolute atomic E-state index is 0.108. The van der Waals surface area contributed by atoms with Gasteiger partial charge in [-0.3, -0.25) is 14.4 Å². The van der Waals surface area contributed by atoms with Crippen LogP contribution in [-0.2, 0) is 14.4 Å². The number of anilines is 1. The van der Waals surface area contributed by atoms with Gasteiger partial charge in [-0.05, 0) is 55.7 Å². The molecule has 1 aliphatic heterocycles. The van der Waals surface area contributed by atoms with Crippen molar-refractivity contribution in [2.45, 2.75) is 31.7 Å². The van der Waals surface area contributed by atoms with E-state index >= 15 is 0 Å². The quantitative estimate of drug-likeness (QED) is 0.603. The fraction of sp³-hybridized carbons (Fsp3) is 0.318. The molecule has 2 heterocycles. The van der Waals surface area contributed by atoms with Crippen LogP contribution in [0.25, 0.3) is 6.08 Å². The van der Waals surface area contributed by atoms with E-state index < -0.39 is 6.04 Å². The Balaban J connectivity index is 1.51. The average Bonchev–Trinajstić information content (AvgIpc) is 3.28. The third-order valence-corrected chi connectivity index (χ3v) is 5.63. The maximum atomic E-state index is 12.8. The van der Waals surface area contributed by atoms with E-state index in [-0.39, 0.29) is 30.7 Å². The number of hydrogen-bond acceptors (Lipinski definition) is 4. The van der Waals surface area contributed by atoms with Gasteiger partial charge in [-0.25, -0.2) is 0 Å². The SMILES string of the molecule is O=C(/C=C/c1ccco1)NCCC(=O)N1CCCCC1C(=O)Nc1ccc(Cl)c(Cl)c1. The predicted octanol–water partition coefficient (Wildman–Crippen LogP) is 4.13. The van der Waals surface area contributed by atoms with Crippen LogP contribution < -0.4 is 10.6 Å². The molecule has 2 N–H and O–H groups in total. The summed E-state index contributed by atoms with van der Waals surface area (Å²) in [5.41, 5.74) is 0.521. The van der Waals surface area contributed by atoms with Gasteiger partial charge in [0.1, 0.15) is 11.8 Å². The van der Waals surface area contributed by atoms with Gasteiger partial charge >= 0.3 is 0 Å². The van der Waals surface area contributed by atoms with E-state index in [9.17, 15) is 14.4 Å². The number of furan rings is 1. The molecule has 2 aromatic rings. The highest BCUT2D eigenvalue weighted by molar-refractivity contribution is 6.42. The number of rotatable bonds is 7. The Bertz CT molecular complexity index is 960. The average molecular weight is 464 g/mol. The monoisotopic (exact) mass is 463 g/mol. The van der Waals surface area contributed by atoms with Crippen molar-refractivity contribution in [3.63, 3.8) is 0 Å². The van der Waals surface area contributed by atoms with Crippen molar-refractivity contribution in [1.82, 2.24) is 10.2 Å². The zero-order chi connectivity index (χ0) is 22.2. The summed E-state index contributed by atoms with van der Waals surface area (Å²) in [5.74, 6) is -0.201. The lowest BCUT2D eigenvalue weighted by molar-refractivity contribution is -0.140. The fourth-order valence-corrected chi connectivity index (χ4v) is 3.64. The van der Waals surface area contributed by atoms with Crippen LogP contribution in [0.5, 0.6) is 0 Å². The van der Waals surface area contributed by atoms with Crippen LogP contribution in [0.15, 0.2) is 47.1 Å². The first-order valence-corrected chi connectivity index (χ1v) is 10.7. The van der Waals surface area contributed by atoms with E-state index in [4.69, 9.17) is 27.6 Å². The minimum atomic E-state index is -0.565. The summed E-state index contributed by atoms with van der Waals surface area (Å²) in [7, 11) is 0. The van der Waals surface area contributed by atoms with Crippen LogP contribution in [0.3, 0.4) is 0 Å². The molecule has 1 unspecified atom stereocenters. The Morgan fingerprint density at radius 3 is 2.74 bits per heavy atom. The van der Waals surface area contributed by atoms with Crippen LogP contribution in [0.4, 0.5) is 5.69 Å². The summed E-state index contributed by atoms with van der Waals surface area (Å²) >= 11 is 11.9. The summed E-state index contributed by atoms with van der Waals surface area (Å²) in [6.07, 6.45) is 6.79. The highest BCUT2D eigenvalue weighted by Crippen LogP contribution is 2.26. The van der Waals surface area contributed by atoms with Gasteiger partial charge in [0.05, 0.1) is 16.3 Å². The van der Waals surface area contributed by atoms with E-state index in [1.807, 2.05) is 0 Å². The van der Waals surface area contributed by atoms with Crippen LogP contribution in [-0.4, -0.2) is 41.8 Å². The maximum Gasteiger partial charge on any atom is 0.247 e. The highest BCUT2D eigenvalue weighted by atomic mass is 35.5. The molecule has 0 saturated carbocycles. The highest BCUT2D eigenvalue weighted by Gasteiger charge is 2.31. The van der Waals surface area contributed by atoms with Crippen molar-refractivity contribution in [3.8, 4) is 0 Å². The lowest BCUT2D eigenvalue weighted by Gasteiger charge is -2.34. The molecule has 31 heavy (non-hydrogen) atoms. The van der Waals surface area contributed by atoms with Crippen LogP contribution in [0.1, 0.15) is 31.4 Å². The molecule has 3 rings (SSSR count). The number of halogens is 2. The number of benzene rings is 1. The summed E-state index contributed by atoms with van der Waals surface area (Å²) in [5, 5.41) is 6.21. The van der Waals surface area contributed by atoms with E-state index in [0.717, 1.165) is 12.8 Å². The first kappa shape index (κ1) is 22.9. The lowest BCUT2D eigenvalue weighted by Crippen LogP contribution is -2.50. The molecule has 3 amide bonds.